The van der Waals surface area contributed by atoms with Gasteiger partial charge in [-0.05, 0) is 39.2 Å². The Hall–Kier alpha value is -1.16. The van der Waals surface area contributed by atoms with Crippen LogP contribution in [0.5, 0.6) is 0 Å². The van der Waals surface area contributed by atoms with Gasteiger partial charge in [-0.1, -0.05) is 13.3 Å². The lowest BCUT2D eigenvalue weighted by molar-refractivity contribution is 0.317. The standard InChI is InChI=1S/C15H26N4/c1-4-16-9-14-10-17-15(18-12(14)3)19(5-2)11-13-7-6-8-13/h10,13,16H,4-9,11H2,1-3H3. The van der Waals surface area contributed by atoms with Gasteiger partial charge in [-0.2, -0.15) is 0 Å². The predicted octanol–water partition coefficient (Wildman–Crippen LogP) is 2.52. The van der Waals surface area contributed by atoms with Crippen molar-refractivity contribution in [3.05, 3.63) is 17.5 Å². The molecule has 0 atom stereocenters. The molecular formula is C15H26N4. The molecule has 0 aromatic carbocycles. The van der Waals surface area contributed by atoms with E-state index in [4.69, 9.17) is 0 Å². The number of hydrogen-bond donors (Lipinski definition) is 1. The molecule has 1 heterocycles. The van der Waals surface area contributed by atoms with Gasteiger partial charge < -0.3 is 10.2 Å². The van der Waals surface area contributed by atoms with E-state index in [0.717, 1.165) is 43.7 Å². The van der Waals surface area contributed by atoms with Crippen molar-refractivity contribution in [3.8, 4) is 0 Å². The molecule has 0 saturated heterocycles. The summed E-state index contributed by atoms with van der Waals surface area (Å²) < 4.78 is 0. The number of anilines is 1. The maximum absolute atomic E-state index is 4.68. The molecule has 0 radical (unpaired) electrons. The Bertz CT molecular complexity index is 401. The fraction of sp³-hybridized carbons (Fsp3) is 0.733. The van der Waals surface area contributed by atoms with Crippen LogP contribution in [-0.4, -0.2) is 29.6 Å². The lowest BCUT2D eigenvalue weighted by Gasteiger charge is -2.32. The first-order valence-electron chi connectivity index (χ1n) is 7.52. The predicted molar refractivity (Wildman–Crippen MR) is 79.4 cm³/mol. The highest BCUT2D eigenvalue weighted by atomic mass is 15.2. The molecule has 1 saturated carbocycles. The second-order valence-corrected chi connectivity index (χ2v) is 5.40. The zero-order valence-corrected chi connectivity index (χ0v) is 12.4. The van der Waals surface area contributed by atoms with E-state index in [9.17, 15) is 0 Å². The molecule has 4 nitrogen and oxygen atoms in total. The Balaban J connectivity index is 2.03. The lowest BCUT2D eigenvalue weighted by Crippen LogP contribution is -2.33. The minimum Gasteiger partial charge on any atom is -0.341 e. The first kappa shape index (κ1) is 14.3. The topological polar surface area (TPSA) is 41.1 Å². The van der Waals surface area contributed by atoms with E-state index in [1.54, 1.807) is 0 Å². The van der Waals surface area contributed by atoms with Crippen LogP contribution in [0.25, 0.3) is 0 Å². The second-order valence-electron chi connectivity index (χ2n) is 5.40. The van der Waals surface area contributed by atoms with Crippen molar-refractivity contribution in [2.45, 2.75) is 46.6 Å². The summed E-state index contributed by atoms with van der Waals surface area (Å²) in [7, 11) is 0. The zero-order chi connectivity index (χ0) is 13.7. The Labute approximate surface area is 116 Å². The molecule has 0 bridgehead atoms. The molecule has 1 aliphatic rings. The Morgan fingerprint density at radius 2 is 2.16 bits per heavy atom. The van der Waals surface area contributed by atoms with Gasteiger partial charge in [-0.25, -0.2) is 9.97 Å². The van der Waals surface area contributed by atoms with Crippen LogP contribution in [0.1, 0.15) is 44.4 Å². The largest absolute Gasteiger partial charge is 0.341 e. The molecule has 19 heavy (non-hydrogen) atoms. The number of nitrogens with zero attached hydrogens (tertiary/aromatic N) is 3. The first-order valence-corrected chi connectivity index (χ1v) is 7.52. The lowest BCUT2D eigenvalue weighted by atomic mass is 9.85. The summed E-state index contributed by atoms with van der Waals surface area (Å²) in [6.45, 7) is 10.3. The van der Waals surface area contributed by atoms with Crippen LogP contribution in [0.4, 0.5) is 5.95 Å². The van der Waals surface area contributed by atoms with Crippen molar-refractivity contribution in [3.63, 3.8) is 0 Å². The summed E-state index contributed by atoms with van der Waals surface area (Å²) in [6.07, 6.45) is 6.11. The number of hydrogen-bond acceptors (Lipinski definition) is 4. The van der Waals surface area contributed by atoms with Crippen molar-refractivity contribution in [2.24, 2.45) is 5.92 Å². The molecule has 1 aliphatic carbocycles. The highest BCUT2D eigenvalue weighted by Gasteiger charge is 2.21. The smallest absolute Gasteiger partial charge is 0.225 e. The third-order valence-electron chi connectivity index (χ3n) is 4.00. The van der Waals surface area contributed by atoms with Crippen molar-refractivity contribution < 1.29 is 0 Å². The molecule has 0 spiro atoms. The highest BCUT2D eigenvalue weighted by molar-refractivity contribution is 5.33. The van der Waals surface area contributed by atoms with Crippen LogP contribution >= 0.6 is 0 Å². The number of aromatic nitrogens is 2. The average molecular weight is 262 g/mol. The third-order valence-corrected chi connectivity index (χ3v) is 4.00. The quantitative estimate of drug-likeness (QED) is 0.820. The maximum Gasteiger partial charge on any atom is 0.225 e. The van der Waals surface area contributed by atoms with Gasteiger partial charge in [0.2, 0.25) is 5.95 Å². The van der Waals surface area contributed by atoms with E-state index >= 15 is 0 Å². The Morgan fingerprint density at radius 1 is 1.37 bits per heavy atom. The Morgan fingerprint density at radius 3 is 2.68 bits per heavy atom. The Kier molecular flexibility index (Phi) is 5.14. The molecule has 2 rings (SSSR count). The van der Waals surface area contributed by atoms with Crippen molar-refractivity contribution in [1.82, 2.24) is 15.3 Å². The first-order chi connectivity index (χ1) is 9.24. The van der Waals surface area contributed by atoms with Crippen molar-refractivity contribution in [2.75, 3.05) is 24.5 Å². The minimum atomic E-state index is 0.852. The van der Waals surface area contributed by atoms with Crippen LogP contribution in [-0.2, 0) is 6.54 Å². The number of nitrogens with one attached hydrogen (secondary N) is 1. The summed E-state index contributed by atoms with van der Waals surface area (Å²) in [6, 6.07) is 0. The van der Waals surface area contributed by atoms with E-state index in [2.05, 4.69) is 41.0 Å². The zero-order valence-electron chi connectivity index (χ0n) is 12.4. The second kappa shape index (κ2) is 6.85. The summed E-state index contributed by atoms with van der Waals surface area (Å²) in [5, 5.41) is 3.32. The third kappa shape index (κ3) is 3.66. The van der Waals surface area contributed by atoms with Crippen LogP contribution in [0, 0.1) is 12.8 Å². The summed E-state index contributed by atoms with van der Waals surface area (Å²) in [5.74, 6) is 1.75. The SMILES string of the molecule is CCNCc1cnc(N(CC)CC2CCC2)nc1C. The molecule has 1 fully saturated rings. The highest BCUT2D eigenvalue weighted by Crippen LogP contribution is 2.28. The molecule has 4 heteroatoms. The van der Waals surface area contributed by atoms with Gasteiger partial charge in [0.25, 0.3) is 0 Å². The van der Waals surface area contributed by atoms with E-state index in [-0.39, 0.29) is 0 Å². The molecule has 0 aliphatic heterocycles. The molecule has 1 aromatic heterocycles. The normalized spacial score (nSPS) is 15.3. The van der Waals surface area contributed by atoms with Gasteiger partial charge in [0.1, 0.15) is 0 Å². The molecule has 0 amide bonds. The van der Waals surface area contributed by atoms with Gasteiger partial charge in [0.15, 0.2) is 0 Å². The van der Waals surface area contributed by atoms with Gasteiger partial charge in [-0.3, -0.25) is 0 Å². The van der Waals surface area contributed by atoms with Gasteiger partial charge >= 0.3 is 0 Å². The van der Waals surface area contributed by atoms with Crippen LogP contribution in [0.15, 0.2) is 6.20 Å². The summed E-state index contributed by atoms with van der Waals surface area (Å²) in [5.41, 5.74) is 2.29. The monoisotopic (exact) mass is 262 g/mol. The number of rotatable bonds is 7. The van der Waals surface area contributed by atoms with E-state index in [1.807, 2.05) is 6.20 Å². The van der Waals surface area contributed by atoms with Gasteiger partial charge in [0.05, 0.1) is 0 Å². The fourth-order valence-corrected chi connectivity index (χ4v) is 2.40. The van der Waals surface area contributed by atoms with Crippen molar-refractivity contribution >= 4 is 5.95 Å². The van der Waals surface area contributed by atoms with Crippen molar-refractivity contribution in [1.29, 1.82) is 0 Å². The summed E-state index contributed by atoms with van der Waals surface area (Å²) >= 11 is 0. The van der Waals surface area contributed by atoms with E-state index < -0.39 is 0 Å². The van der Waals surface area contributed by atoms with E-state index in [1.165, 1.54) is 24.8 Å². The van der Waals surface area contributed by atoms with Crippen LogP contribution < -0.4 is 10.2 Å². The average Bonchev–Trinajstić information content (AvgIpc) is 2.36. The van der Waals surface area contributed by atoms with Crippen LogP contribution in [0.2, 0.25) is 0 Å². The van der Waals surface area contributed by atoms with E-state index in [0.29, 0.717) is 0 Å². The molecule has 1 aromatic rings. The maximum atomic E-state index is 4.68. The molecule has 1 N–H and O–H groups in total. The van der Waals surface area contributed by atoms with Crippen LogP contribution in [0.3, 0.4) is 0 Å². The molecule has 0 unspecified atom stereocenters. The minimum absolute atomic E-state index is 0.852. The number of aryl methyl sites for hydroxylation is 1. The summed E-state index contributed by atoms with van der Waals surface area (Å²) in [4.78, 5) is 11.5. The molecular weight excluding hydrogens is 236 g/mol. The fourth-order valence-electron chi connectivity index (χ4n) is 2.40. The molecule has 106 valence electrons. The van der Waals surface area contributed by atoms with Gasteiger partial charge in [-0.15, -0.1) is 0 Å². The van der Waals surface area contributed by atoms with Gasteiger partial charge in [0, 0.05) is 37.1 Å².